The highest BCUT2D eigenvalue weighted by molar-refractivity contribution is 8.01. The quantitative estimate of drug-likeness (QED) is 0.468. The van der Waals surface area contributed by atoms with Crippen LogP contribution in [0.15, 0.2) is 102 Å². The maximum Gasteiger partial charge on any atom is 0.245 e. The zero-order valence-electron chi connectivity index (χ0n) is 15.3. The molecule has 1 N–H and O–H groups in total. The second-order valence-corrected chi connectivity index (χ2v) is 8.43. The summed E-state index contributed by atoms with van der Waals surface area (Å²) >= 11 is 1.64. The highest BCUT2D eigenvalue weighted by atomic mass is 32.2. The van der Waals surface area contributed by atoms with Crippen molar-refractivity contribution in [3.63, 3.8) is 0 Å². The minimum Gasteiger partial charge on any atom is -0.324 e. The number of amides is 1. The van der Waals surface area contributed by atoms with Crippen LogP contribution in [0, 0.1) is 0 Å². The topological polar surface area (TPSA) is 29.1 Å². The molecule has 1 heterocycles. The lowest BCUT2D eigenvalue weighted by Gasteiger charge is -2.28. The van der Waals surface area contributed by atoms with Crippen LogP contribution in [0.4, 0.5) is 5.69 Å². The number of hydrogen-bond acceptors (Lipinski definition) is 2. The van der Waals surface area contributed by atoms with E-state index in [4.69, 9.17) is 0 Å². The fourth-order valence-corrected chi connectivity index (χ4v) is 5.36. The number of hydrogen-bond donors (Lipinski definition) is 1. The monoisotopic (exact) mass is 381 g/mol. The van der Waals surface area contributed by atoms with Crippen molar-refractivity contribution in [1.29, 1.82) is 0 Å². The second kappa shape index (κ2) is 6.84. The van der Waals surface area contributed by atoms with Crippen LogP contribution in [0.1, 0.15) is 11.1 Å². The van der Waals surface area contributed by atoms with E-state index in [1.807, 2.05) is 36.4 Å². The molecule has 0 aromatic heterocycles. The zero-order valence-corrected chi connectivity index (χ0v) is 16.1. The molecule has 0 bridgehead atoms. The summed E-state index contributed by atoms with van der Waals surface area (Å²) in [5, 5.41) is 5.52. The van der Waals surface area contributed by atoms with Gasteiger partial charge in [-0.2, -0.15) is 0 Å². The number of nitrogens with one attached hydrogen (secondary N) is 1. The van der Waals surface area contributed by atoms with Crippen molar-refractivity contribution in [2.45, 2.75) is 16.1 Å². The van der Waals surface area contributed by atoms with Crippen molar-refractivity contribution in [2.75, 3.05) is 5.32 Å². The molecule has 1 atom stereocenters. The molecule has 136 valence electrons. The summed E-state index contributed by atoms with van der Waals surface area (Å²) in [4.78, 5) is 14.5. The standard InChI is InChI=1S/C25H19NOS/c27-24-25(28-20-12-2-1-3-13-20,22-15-6-7-16-23(22)26-24)17-19-11-8-10-18-9-4-5-14-21(18)19/h1-16H,17H2,(H,26,27)/t25-/m1/s1. The molecule has 5 rings (SSSR count). The van der Waals surface area contributed by atoms with E-state index in [0.717, 1.165) is 16.1 Å². The lowest BCUT2D eigenvalue weighted by Crippen LogP contribution is -2.33. The van der Waals surface area contributed by atoms with Crippen LogP contribution in [-0.2, 0) is 16.0 Å². The van der Waals surface area contributed by atoms with Gasteiger partial charge in [0, 0.05) is 22.6 Å². The third-order valence-electron chi connectivity index (χ3n) is 5.33. The van der Waals surface area contributed by atoms with Crippen molar-refractivity contribution in [2.24, 2.45) is 0 Å². The summed E-state index contributed by atoms with van der Waals surface area (Å²) in [6.45, 7) is 0. The van der Waals surface area contributed by atoms with E-state index in [0.29, 0.717) is 6.42 Å². The highest BCUT2D eigenvalue weighted by Gasteiger charge is 2.47. The Hall–Kier alpha value is -3.04. The molecule has 4 aromatic carbocycles. The molecule has 0 saturated heterocycles. The molecular weight excluding hydrogens is 362 g/mol. The van der Waals surface area contributed by atoms with Crippen LogP contribution >= 0.6 is 11.8 Å². The fourth-order valence-electron chi connectivity index (χ4n) is 4.01. The van der Waals surface area contributed by atoms with Gasteiger partial charge < -0.3 is 5.32 Å². The summed E-state index contributed by atoms with van der Waals surface area (Å²) < 4.78 is -0.692. The normalized spacial score (nSPS) is 18.1. The third kappa shape index (κ3) is 2.79. The van der Waals surface area contributed by atoms with E-state index >= 15 is 0 Å². The van der Waals surface area contributed by atoms with E-state index < -0.39 is 4.75 Å². The maximum absolute atomic E-state index is 13.4. The molecule has 0 radical (unpaired) electrons. The number of benzene rings is 4. The van der Waals surface area contributed by atoms with E-state index in [9.17, 15) is 4.79 Å². The average Bonchev–Trinajstić information content (AvgIpc) is 3.00. The van der Waals surface area contributed by atoms with Crippen LogP contribution in [0.5, 0.6) is 0 Å². The lowest BCUT2D eigenvalue weighted by atomic mass is 9.89. The van der Waals surface area contributed by atoms with Gasteiger partial charge in [-0.15, -0.1) is 11.8 Å². The first-order chi connectivity index (χ1) is 13.8. The molecule has 4 aromatic rings. The molecule has 2 nitrogen and oxygen atoms in total. The molecule has 1 aliphatic heterocycles. The Labute approximate surface area is 168 Å². The molecule has 1 aliphatic rings. The minimum absolute atomic E-state index is 0.0514. The van der Waals surface area contributed by atoms with Crippen LogP contribution in [0.2, 0.25) is 0 Å². The smallest absolute Gasteiger partial charge is 0.245 e. The number of carbonyl (C=O) groups is 1. The molecule has 1 amide bonds. The molecule has 0 unspecified atom stereocenters. The molecule has 0 spiro atoms. The Morgan fingerprint density at radius 3 is 2.36 bits per heavy atom. The van der Waals surface area contributed by atoms with Crippen LogP contribution in [0.25, 0.3) is 10.8 Å². The van der Waals surface area contributed by atoms with E-state index in [-0.39, 0.29) is 5.91 Å². The van der Waals surface area contributed by atoms with Crippen LogP contribution < -0.4 is 5.32 Å². The van der Waals surface area contributed by atoms with Crippen molar-refractivity contribution in [1.82, 2.24) is 0 Å². The summed E-state index contributed by atoms with van der Waals surface area (Å²) in [6.07, 6.45) is 0.636. The van der Waals surface area contributed by atoms with Gasteiger partial charge in [0.15, 0.2) is 0 Å². The first kappa shape index (κ1) is 17.1. The van der Waals surface area contributed by atoms with Gasteiger partial charge in [0.05, 0.1) is 0 Å². The SMILES string of the molecule is O=C1Nc2ccccc2[C@@]1(Cc1cccc2ccccc12)Sc1ccccc1. The molecular formula is C25H19NOS. The fraction of sp³-hybridized carbons (Fsp3) is 0.0800. The predicted octanol–water partition coefficient (Wildman–Crippen LogP) is 6.02. The Kier molecular flexibility index (Phi) is 4.18. The first-order valence-electron chi connectivity index (χ1n) is 9.38. The number of para-hydroxylation sites is 1. The Morgan fingerprint density at radius 2 is 1.46 bits per heavy atom. The average molecular weight is 382 g/mol. The van der Waals surface area contributed by atoms with E-state index in [1.54, 1.807) is 11.8 Å². The summed E-state index contributed by atoms with van der Waals surface area (Å²) in [5.41, 5.74) is 3.16. The van der Waals surface area contributed by atoms with Crippen molar-refractivity contribution >= 4 is 34.1 Å². The highest BCUT2D eigenvalue weighted by Crippen LogP contribution is 2.51. The molecule has 28 heavy (non-hydrogen) atoms. The van der Waals surface area contributed by atoms with Gasteiger partial charge in [0.2, 0.25) is 5.91 Å². The molecule has 0 fully saturated rings. The number of anilines is 1. The van der Waals surface area contributed by atoms with Gasteiger partial charge in [-0.1, -0.05) is 78.9 Å². The van der Waals surface area contributed by atoms with Gasteiger partial charge in [0.25, 0.3) is 0 Å². The van der Waals surface area contributed by atoms with Gasteiger partial charge in [0.1, 0.15) is 4.75 Å². The Bertz CT molecular complexity index is 1170. The van der Waals surface area contributed by atoms with Gasteiger partial charge >= 0.3 is 0 Å². The predicted molar refractivity (Wildman–Crippen MR) is 117 cm³/mol. The Morgan fingerprint density at radius 1 is 0.750 bits per heavy atom. The minimum atomic E-state index is -0.692. The number of thioether (sulfide) groups is 1. The van der Waals surface area contributed by atoms with Gasteiger partial charge in [-0.05, 0) is 34.5 Å². The van der Waals surface area contributed by atoms with Crippen molar-refractivity contribution in [3.8, 4) is 0 Å². The summed E-state index contributed by atoms with van der Waals surface area (Å²) in [6, 6.07) is 33.0. The maximum atomic E-state index is 13.4. The first-order valence-corrected chi connectivity index (χ1v) is 10.2. The molecule has 0 saturated carbocycles. The van der Waals surface area contributed by atoms with Crippen LogP contribution in [0.3, 0.4) is 0 Å². The summed E-state index contributed by atoms with van der Waals surface area (Å²) in [7, 11) is 0. The molecule has 3 heteroatoms. The number of fused-ring (bicyclic) bond motifs is 2. The largest absolute Gasteiger partial charge is 0.324 e. The van der Waals surface area contributed by atoms with Crippen molar-refractivity contribution < 1.29 is 4.79 Å². The van der Waals surface area contributed by atoms with Crippen molar-refractivity contribution in [3.05, 3.63) is 108 Å². The number of carbonyl (C=O) groups excluding carboxylic acids is 1. The van der Waals surface area contributed by atoms with Gasteiger partial charge in [-0.3, -0.25) is 4.79 Å². The number of rotatable bonds is 4. The van der Waals surface area contributed by atoms with E-state index in [1.165, 1.54) is 16.3 Å². The van der Waals surface area contributed by atoms with Gasteiger partial charge in [-0.25, -0.2) is 0 Å². The second-order valence-electron chi connectivity index (χ2n) is 7.06. The van der Waals surface area contributed by atoms with Crippen LogP contribution in [-0.4, -0.2) is 5.91 Å². The third-order valence-corrected chi connectivity index (χ3v) is 6.74. The zero-order chi connectivity index (χ0) is 19.0. The van der Waals surface area contributed by atoms with E-state index in [2.05, 4.69) is 66.0 Å². The molecule has 0 aliphatic carbocycles. The summed E-state index contributed by atoms with van der Waals surface area (Å²) in [5.74, 6) is 0.0514. The lowest BCUT2D eigenvalue weighted by molar-refractivity contribution is -0.118. The Balaban J connectivity index is 1.68.